The van der Waals surface area contributed by atoms with E-state index in [2.05, 4.69) is 42.4 Å². The Bertz CT molecular complexity index is 550. The summed E-state index contributed by atoms with van der Waals surface area (Å²) in [4.78, 5) is 14.6. The molecule has 1 aliphatic carbocycles. The highest BCUT2D eigenvalue weighted by Gasteiger charge is 2.27. The molecule has 1 N–H and O–H groups in total. The van der Waals surface area contributed by atoms with Gasteiger partial charge in [0.15, 0.2) is 0 Å². The van der Waals surface area contributed by atoms with Crippen LogP contribution < -0.4 is 15.0 Å². The number of anilines is 1. The second-order valence-electron chi connectivity index (χ2n) is 7.01. The van der Waals surface area contributed by atoms with Crippen molar-refractivity contribution in [3.05, 3.63) is 23.8 Å². The first-order chi connectivity index (χ1) is 11.1. The first-order valence-corrected chi connectivity index (χ1v) is 8.89. The standard InChI is InChI=1S/C19H28N2O2/c1-14-9-10-17-18(11-14)23-13-16(21(17)2)12-19(22)20-15-7-5-3-4-6-8-15/h9-11,15-16H,3-8,12-13H2,1-2H3,(H,20,22)/t16-/m0/s1. The van der Waals surface area contributed by atoms with Crippen molar-refractivity contribution in [2.45, 2.75) is 64.0 Å². The number of ether oxygens (including phenoxy) is 1. The highest BCUT2D eigenvalue weighted by molar-refractivity contribution is 5.78. The maximum atomic E-state index is 12.4. The van der Waals surface area contributed by atoms with E-state index in [1.54, 1.807) is 0 Å². The first kappa shape index (κ1) is 16.2. The van der Waals surface area contributed by atoms with Gasteiger partial charge in [0.1, 0.15) is 12.4 Å². The Balaban J connectivity index is 1.57. The average molecular weight is 316 g/mol. The number of nitrogens with zero attached hydrogens (tertiary/aromatic N) is 1. The number of amides is 1. The highest BCUT2D eigenvalue weighted by atomic mass is 16.5. The molecule has 1 fully saturated rings. The van der Waals surface area contributed by atoms with Crippen LogP contribution in [0.2, 0.25) is 0 Å². The number of aryl methyl sites for hydroxylation is 1. The second-order valence-corrected chi connectivity index (χ2v) is 7.01. The largest absolute Gasteiger partial charge is 0.489 e. The molecule has 1 saturated carbocycles. The summed E-state index contributed by atoms with van der Waals surface area (Å²) in [5.41, 5.74) is 2.27. The quantitative estimate of drug-likeness (QED) is 0.869. The van der Waals surface area contributed by atoms with Crippen LogP contribution in [0.3, 0.4) is 0 Å². The molecule has 4 heteroatoms. The fourth-order valence-corrected chi connectivity index (χ4v) is 3.64. The van der Waals surface area contributed by atoms with Crippen LogP contribution in [0, 0.1) is 6.92 Å². The summed E-state index contributed by atoms with van der Waals surface area (Å²) in [6.07, 6.45) is 7.85. The lowest BCUT2D eigenvalue weighted by Crippen LogP contribution is -2.45. The third-order valence-electron chi connectivity index (χ3n) is 5.12. The minimum Gasteiger partial charge on any atom is -0.489 e. The number of likely N-dealkylation sites (N-methyl/N-ethyl adjacent to an activating group) is 1. The van der Waals surface area contributed by atoms with Crippen LogP contribution in [0.15, 0.2) is 18.2 Å². The number of nitrogens with one attached hydrogen (secondary N) is 1. The van der Waals surface area contributed by atoms with Crippen LogP contribution in [-0.2, 0) is 4.79 Å². The summed E-state index contributed by atoms with van der Waals surface area (Å²) >= 11 is 0. The van der Waals surface area contributed by atoms with Gasteiger partial charge in [-0.05, 0) is 37.5 Å². The number of benzene rings is 1. The van der Waals surface area contributed by atoms with Crippen molar-refractivity contribution in [3.8, 4) is 5.75 Å². The summed E-state index contributed by atoms with van der Waals surface area (Å²) < 4.78 is 5.88. The van der Waals surface area contributed by atoms with Gasteiger partial charge in [-0.15, -0.1) is 0 Å². The van der Waals surface area contributed by atoms with Crippen LogP contribution in [0.5, 0.6) is 5.75 Å². The topological polar surface area (TPSA) is 41.6 Å². The van der Waals surface area contributed by atoms with Gasteiger partial charge in [0, 0.05) is 13.1 Å². The molecule has 0 radical (unpaired) electrons. The van der Waals surface area contributed by atoms with Crippen LogP contribution >= 0.6 is 0 Å². The molecule has 0 bridgehead atoms. The zero-order valence-corrected chi connectivity index (χ0v) is 14.3. The molecule has 0 spiro atoms. The Labute approximate surface area is 139 Å². The minimum atomic E-state index is 0.107. The summed E-state index contributed by atoms with van der Waals surface area (Å²) in [6, 6.07) is 6.71. The van der Waals surface area contributed by atoms with Crippen molar-refractivity contribution in [2.24, 2.45) is 0 Å². The van der Waals surface area contributed by atoms with Crippen LogP contribution in [0.1, 0.15) is 50.5 Å². The van der Waals surface area contributed by atoms with E-state index < -0.39 is 0 Å². The predicted octanol–water partition coefficient (Wildman–Crippen LogP) is 3.42. The van der Waals surface area contributed by atoms with Gasteiger partial charge in [-0.25, -0.2) is 0 Å². The van der Waals surface area contributed by atoms with Crippen molar-refractivity contribution < 1.29 is 9.53 Å². The zero-order chi connectivity index (χ0) is 16.2. The monoisotopic (exact) mass is 316 g/mol. The van der Waals surface area contributed by atoms with Gasteiger partial charge in [-0.3, -0.25) is 4.79 Å². The van der Waals surface area contributed by atoms with Crippen molar-refractivity contribution in [1.29, 1.82) is 0 Å². The number of carbonyl (C=O) groups excluding carboxylic acids is 1. The van der Waals surface area contributed by atoms with E-state index in [9.17, 15) is 4.79 Å². The van der Waals surface area contributed by atoms with Crippen molar-refractivity contribution in [3.63, 3.8) is 0 Å². The van der Waals surface area contributed by atoms with E-state index in [1.807, 2.05) is 0 Å². The van der Waals surface area contributed by atoms with E-state index in [0.717, 1.165) is 24.3 Å². The van der Waals surface area contributed by atoms with Crippen LogP contribution in [0.25, 0.3) is 0 Å². The summed E-state index contributed by atoms with van der Waals surface area (Å²) in [5, 5.41) is 3.24. The normalized spacial score (nSPS) is 22.0. The third-order valence-corrected chi connectivity index (χ3v) is 5.12. The first-order valence-electron chi connectivity index (χ1n) is 8.89. The molecule has 1 aromatic rings. The molecule has 23 heavy (non-hydrogen) atoms. The summed E-state index contributed by atoms with van der Waals surface area (Å²) in [7, 11) is 2.06. The lowest BCUT2D eigenvalue weighted by atomic mass is 10.1. The van der Waals surface area contributed by atoms with Gasteiger partial charge >= 0.3 is 0 Å². The van der Waals surface area contributed by atoms with Crippen molar-refractivity contribution >= 4 is 11.6 Å². The number of hydrogen-bond acceptors (Lipinski definition) is 3. The molecule has 1 atom stereocenters. The molecule has 0 saturated heterocycles. The smallest absolute Gasteiger partial charge is 0.222 e. The fourth-order valence-electron chi connectivity index (χ4n) is 3.64. The van der Waals surface area contributed by atoms with E-state index >= 15 is 0 Å². The van der Waals surface area contributed by atoms with E-state index in [-0.39, 0.29) is 11.9 Å². The number of fused-ring (bicyclic) bond motifs is 1. The number of hydrogen-bond donors (Lipinski definition) is 1. The molecule has 126 valence electrons. The van der Waals surface area contributed by atoms with Gasteiger partial charge in [0.25, 0.3) is 0 Å². The van der Waals surface area contributed by atoms with Crippen molar-refractivity contribution in [2.75, 3.05) is 18.6 Å². The number of carbonyl (C=O) groups is 1. The van der Waals surface area contributed by atoms with Crippen LogP contribution in [0.4, 0.5) is 5.69 Å². The van der Waals surface area contributed by atoms with Crippen LogP contribution in [-0.4, -0.2) is 31.6 Å². The highest BCUT2D eigenvalue weighted by Crippen LogP contribution is 2.34. The molecule has 2 aliphatic rings. The molecule has 1 amide bonds. The Hall–Kier alpha value is -1.71. The molecule has 4 nitrogen and oxygen atoms in total. The maximum absolute atomic E-state index is 12.4. The molecule has 0 aromatic heterocycles. The third kappa shape index (κ3) is 3.98. The summed E-state index contributed by atoms with van der Waals surface area (Å²) in [5.74, 6) is 1.08. The van der Waals surface area contributed by atoms with Crippen molar-refractivity contribution in [1.82, 2.24) is 5.32 Å². The van der Waals surface area contributed by atoms with E-state index in [1.165, 1.54) is 31.2 Å². The SMILES string of the molecule is Cc1ccc2c(c1)OC[C@H](CC(=O)NC1CCCCCC1)N2C. The molecular formula is C19H28N2O2. The minimum absolute atomic E-state index is 0.107. The molecule has 1 aliphatic heterocycles. The molecule has 1 heterocycles. The van der Waals surface area contributed by atoms with Gasteiger partial charge in [0.05, 0.1) is 18.2 Å². The summed E-state index contributed by atoms with van der Waals surface area (Å²) in [6.45, 7) is 2.64. The average Bonchev–Trinajstić information content (AvgIpc) is 2.78. The van der Waals surface area contributed by atoms with E-state index in [4.69, 9.17) is 4.74 Å². The Kier molecular flexibility index (Phi) is 5.09. The molecular weight excluding hydrogens is 288 g/mol. The second kappa shape index (κ2) is 7.24. The fraction of sp³-hybridized carbons (Fsp3) is 0.632. The predicted molar refractivity (Wildman–Crippen MR) is 93.1 cm³/mol. The lowest BCUT2D eigenvalue weighted by Gasteiger charge is -2.36. The number of rotatable bonds is 3. The van der Waals surface area contributed by atoms with Gasteiger partial charge in [-0.1, -0.05) is 31.7 Å². The molecule has 1 aromatic carbocycles. The molecule has 3 rings (SSSR count). The lowest BCUT2D eigenvalue weighted by molar-refractivity contribution is -0.122. The van der Waals surface area contributed by atoms with Gasteiger partial charge in [0.2, 0.25) is 5.91 Å². The maximum Gasteiger partial charge on any atom is 0.222 e. The Morgan fingerprint density at radius 3 is 2.74 bits per heavy atom. The Morgan fingerprint density at radius 2 is 2.00 bits per heavy atom. The molecule has 0 unspecified atom stereocenters. The van der Waals surface area contributed by atoms with Gasteiger partial charge < -0.3 is 15.0 Å². The van der Waals surface area contributed by atoms with E-state index in [0.29, 0.717) is 19.1 Å². The Morgan fingerprint density at radius 1 is 1.26 bits per heavy atom. The van der Waals surface area contributed by atoms with Gasteiger partial charge in [-0.2, -0.15) is 0 Å². The zero-order valence-electron chi connectivity index (χ0n) is 14.3.